The number of Topliss-reactive ketones (excluding diaryl/α,β-unsaturated/α-hetero) is 1. The van der Waals surface area contributed by atoms with Gasteiger partial charge in [-0.15, -0.1) is 0 Å². The molecule has 0 aliphatic carbocycles. The molecule has 2 rings (SSSR count). The van der Waals surface area contributed by atoms with E-state index in [-0.39, 0.29) is 5.78 Å². The monoisotopic (exact) mass is 265 g/mol. The number of benzene rings is 2. The molecule has 0 aromatic heterocycles. The number of hydrogen-bond acceptors (Lipinski definition) is 2. The minimum absolute atomic E-state index is 0.0637. The molecule has 2 aromatic carbocycles. The Balaban J connectivity index is 2.49. The van der Waals surface area contributed by atoms with Crippen LogP contribution < -0.4 is 0 Å². The second-order valence-electron chi connectivity index (χ2n) is 5.87. The highest BCUT2D eigenvalue weighted by Crippen LogP contribution is 2.24. The predicted octanol–water partition coefficient (Wildman–Crippen LogP) is 4.33. The zero-order chi connectivity index (χ0) is 14.8. The molecule has 0 aliphatic heterocycles. The van der Waals surface area contributed by atoms with Gasteiger partial charge >= 0.3 is 0 Å². The molecule has 0 saturated carbocycles. The Bertz CT molecular complexity index is 636. The van der Waals surface area contributed by atoms with Gasteiger partial charge in [-0.05, 0) is 0 Å². The van der Waals surface area contributed by atoms with Crippen LogP contribution in [0.3, 0.4) is 0 Å². The van der Waals surface area contributed by atoms with E-state index in [0.717, 1.165) is 5.56 Å². The summed E-state index contributed by atoms with van der Waals surface area (Å²) in [6.45, 7) is 5.70. The van der Waals surface area contributed by atoms with E-state index in [2.05, 4.69) is 0 Å². The van der Waals surface area contributed by atoms with Crippen LogP contribution in [0.5, 0.6) is 0 Å². The summed E-state index contributed by atoms with van der Waals surface area (Å²) in [7, 11) is 0. The lowest BCUT2D eigenvalue weighted by Crippen LogP contribution is -2.22. The third-order valence-electron chi connectivity index (χ3n) is 3.18. The van der Waals surface area contributed by atoms with Crippen molar-refractivity contribution in [3.05, 3.63) is 71.3 Å². The fourth-order valence-electron chi connectivity index (χ4n) is 2.06. The third-order valence-corrected chi connectivity index (χ3v) is 3.18. The maximum absolute atomic E-state index is 12.5. The average Bonchev–Trinajstić information content (AvgIpc) is 2.45. The number of rotatable bonds is 3. The topological polar surface area (TPSA) is 40.9 Å². The molecule has 0 unspecified atom stereocenters. The van der Waals surface area contributed by atoms with Crippen molar-refractivity contribution in [2.24, 2.45) is 5.41 Å². The highest BCUT2D eigenvalue weighted by Gasteiger charge is 2.25. The van der Waals surface area contributed by atoms with Crippen LogP contribution in [0.1, 0.15) is 42.3 Å². The normalized spacial score (nSPS) is 11.2. The Morgan fingerprint density at radius 1 is 0.850 bits per heavy atom. The molecule has 2 heteroatoms. The first kappa shape index (κ1) is 14.2. The zero-order valence-electron chi connectivity index (χ0n) is 12.1. The van der Waals surface area contributed by atoms with Crippen molar-refractivity contribution in [1.29, 1.82) is 5.41 Å². The molecule has 102 valence electrons. The van der Waals surface area contributed by atoms with Gasteiger partial charge in [0, 0.05) is 22.1 Å². The first-order chi connectivity index (χ1) is 9.41. The first-order valence-corrected chi connectivity index (χ1v) is 6.69. The highest BCUT2D eigenvalue weighted by molar-refractivity contribution is 6.17. The van der Waals surface area contributed by atoms with Crippen molar-refractivity contribution in [2.45, 2.75) is 20.8 Å². The molecule has 0 amide bonds. The number of carbonyl (C=O) groups excluding carboxylic acids is 1. The summed E-state index contributed by atoms with van der Waals surface area (Å²) in [5.41, 5.74) is 2.07. The van der Waals surface area contributed by atoms with Crippen molar-refractivity contribution < 1.29 is 4.79 Å². The van der Waals surface area contributed by atoms with Gasteiger partial charge in [0.25, 0.3) is 0 Å². The maximum atomic E-state index is 12.5. The van der Waals surface area contributed by atoms with Gasteiger partial charge < -0.3 is 0 Å². The summed E-state index contributed by atoms with van der Waals surface area (Å²) in [5, 5.41) is 8.36. The van der Waals surface area contributed by atoms with Crippen molar-refractivity contribution in [3.63, 3.8) is 0 Å². The summed E-state index contributed by atoms with van der Waals surface area (Å²) in [6.07, 6.45) is 0. The third kappa shape index (κ3) is 2.85. The van der Waals surface area contributed by atoms with Gasteiger partial charge in [-0.1, -0.05) is 75.4 Å². The second kappa shape index (κ2) is 5.41. The average molecular weight is 265 g/mol. The van der Waals surface area contributed by atoms with Gasteiger partial charge in [-0.2, -0.15) is 0 Å². The number of carbonyl (C=O) groups is 1. The lowest BCUT2D eigenvalue weighted by atomic mass is 9.83. The van der Waals surface area contributed by atoms with Gasteiger partial charge in [0.05, 0.1) is 5.71 Å². The molecule has 2 nitrogen and oxygen atoms in total. The van der Waals surface area contributed by atoms with Crippen LogP contribution in [-0.4, -0.2) is 11.5 Å². The molecule has 0 fully saturated rings. The van der Waals surface area contributed by atoms with Crippen LogP contribution in [-0.2, 0) is 0 Å². The fourth-order valence-corrected chi connectivity index (χ4v) is 2.06. The molecule has 0 spiro atoms. The van der Waals surface area contributed by atoms with Gasteiger partial charge in [0.15, 0.2) is 5.78 Å². The standard InChI is InChI=1S/C18H19NO/c1-18(2,3)17(20)15-12-8-7-11-14(15)16(19)13-9-5-4-6-10-13/h4-12,19H,1-3H3. The largest absolute Gasteiger partial charge is 0.300 e. The maximum Gasteiger partial charge on any atom is 0.168 e. The molecular weight excluding hydrogens is 246 g/mol. The summed E-state index contributed by atoms with van der Waals surface area (Å²) >= 11 is 0. The molecule has 0 bridgehead atoms. The molecule has 0 radical (unpaired) electrons. The van der Waals surface area contributed by atoms with Gasteiger partial charge in [-0.3, -0.25) is 10.2 Å². The van der Waals surface area contributed by atoms with Crippen LogP contribution in [0.2, 0.25) is 0 Å². The predicted molar refractivity (Wildman–Crippen MR) is 82.6 cm³/mol. The van der Waals surface area contributed by atoms with Gasteiger partial charge in [0.2, 0.25) is 0 Å². The van der Waals surface area contributed by atoms with Crippen LogP contribution in [0.25, 0.3) is 0 Å². The van der Waals surface area contributed by atoms with Crippen LogP contribution in [0.4, 0.5) is 0 Å². The van der Waals surface area contributed by atoms with Gasteiger partial charge in [0.1, 0.15) is 0 Å². The SMILES string of the molecule is CC(C)(C)C(=O)c1ccccc1C(=N)c1ccccc1. The van der Waals surface area contributed by atoms with E-state index in [9.17, 15) is 4.79 Å². The number of nitrogens with one attached hydrogen (secondary N) is 1. The molecule has 1 N–H and O–H groups in total. The Labute approximate surface area is 120 Å². The van der Waals surface area contributed by atoms with Crippen molar-refractivity contribution in [2.75, 3.05) is 0 Å². The minimum Gasteiger partial charge on any atom is -0.300 e. The van der Waals surface area contributed by atoms with Gasteiger partial charge in [-0.25, -0.2) is 0 Å². The van der Waals surface area contributed by atoms with E-state index in [1.807, 2.05) is 69.3 Å². The van der Waals surface area contributed by atoms with Crippen molar-refractivity contribution in [3.8, 4) is 0 Å². The van der Waals surface area contributed by atoms with Crippen LogP contribution in [0, 0.1) is 10.8 Å². The van der Waals surface area contributed by atoms with E-state index in [0.29, 0.717) is 16.8 Å². The van der Waals surface area contributed by atoms with Crippen molar-refractivity contribution >= 4 is 11.5 Å². The highest BCUT2D eigenvalue weighted by atomic mass is 16.1. The quantitative estimate of drug-likeness (QED) is 0.651. The lowest BCUT2D eigenvalue weighted by molar-refractivity contribution is 0.0858. The molecule has 0 aliphatic rings. The Morgan fingerprint density at radius 3 is 1.90 bits per heavy atom. The van der Waals surface area contributed by atoms with Crippen molar-refractivity contribution in [1.82, 2.24) is 0 Å². The Morgan fingerprint density at radius 2 is 1.35 bits per heavy atom. The molecule has 0 atom stereocenters. The Hall–Kier alpha value is -2.22. The number of ketones is 1. The van der Waals surface area contributed by atoms with E-state index >= 15 is 0 Å². The van der Waals surface area contributed by atoms with E-state index < -0.39 is 5.41 Å². The van der Waals surface area contributed by atoms with E-state index in [1.165, 1.54) is 0 Å². The van der Waals surface area contributed by atoms with Crippen LogP contribution in [0.15, 0.2) is 54.6 Å². The fraction of sp³-hybridized carbons (Fsp3) is 0.222. The molecule has 0 heterocycles. The lowest BCUT2D eigenvalue weighted by Gasteiger charge is -2.19. The van der Waals surface area contributed by atoms with Crippen LogP contribution >= 0.6 is 0 Å². The molecule has 2 aromatic rings. The molecular formula is C18H19NO. The zero-order valence-corrected chi connectivity index (χ0v) is 12.1. The molecule has 0 saturated heterocycles. The number of hydrogen-bond donors (Lipinski definition) is 1. The molecule has 20 heavy (non-hydrogen) atoms. The Kier molecular flexibility index (Phi) is 3.84. The minimum atomic E-state index is -0.451. The summed E-state index contributed by atoms with van der Waals surface area (Å²) in [6, 6.07) is 16.9. The summed E-state index contributed by atoms with van der Waals surface area (Å²) < 4.78 is 0. The second-order valence-corrected chi connectivity index (χ2v) is 5.87. The first-order valence-electron chi connectivity index (χ1n) is 6.69. The summed E-state index contributed by atoms with van der Waals surface area (Å²) in [5.74, 6) is 0.0637. The summed E-state index contributed by atoms with van der Waals surface area (Å²) in [4.78, 5) is 12.5. The smallest absolute Gasteiger partial charge is 0.168 e. The van der Waals surface area contributed by atoms with E-state index in [4.69, 9.17) is 5.41 Å². The van der Waals surface area contributed by atoms with E-state index in [1.54, 1.807) is 6.07 Å².